The number of hydrogen-bond acceptors (Lipinski definition) is 5. The number of aryl methyl sites for hydroxylation is 2. The number of carboxylic acids is 1. The summed E-state index contributed by atoms with van der Waals surface area (Å²) in [6.07, 6.45) is 10.8. The third-order valence-corrected chi connectivity index (χ3v) is 8.58. The second-order valence-electron chi connectivity index (χ2n) is 11.5. The monoisotopic (exact) mass is 534 g/mol. The summed E-state index contributed by atoms with van der Waals surface area (Å²) < 4.78 is 7.79. The van der Waals surface area contributed by atoms with Crippen LogP contribution in [0.25, 0.3) is 33.3 Å². The van der Waals surface area contributed by atoms with Gasteiger partial charge in [0.25, 0.3) is 0 Å². The molecule has 0 saturated heterocycles. The lowest BCUT2D eigenvalue weighted by molar-refractivity contribution is -0.142. The van der Waals surface area contributed by atoms with Gasteiger partial charge < -0.3 is 14.2 Å². The van der Waals surface area contributed by atoms with Crippen LogP contribution in [0.3, 0.4) is 0 Å². The number of rotatable bonds is 7. The number of nitrogens with zero attached hydrogens (tertiary/aromatic N) is 4. The molecule has 5 aromatic rings. The Morgan fingerprint density at radius 1 is 1.05 bits per heavy atom. The van der Waals surface area contributed by atoms with Crippen molar-refractivity contribution in [3.05, 3.63) is 89.8 Å². The Kier molecular flexibility index (Phi) is 6.53. The van der Waals surface area contributed by atoms with Crippen LogP contribution in [0.15, 0.2) is 71.6 Å². The summed E-state index contributed by atoms with van der Waals surface area (Å²) in [5, 5.41) is 14.9. The molecule has 0 spiro atoms. The molecule has 4 heterocycles. The minimum absolute atomic E-state index is 0.0718. The van der Waals surface area contributed by atoms with Gasteiger partial charge in [0.05, 0.1) is 22.8 Å². The summed E-state index contributed by atoms with van der Waals surface area (Å²) >= 11 is 0. The number of fused-ring (bicyclic) bond motifs is 1. The summed E-state index contributed by atoms with van der Waals surface area (Å²) in [6.45, 7) is 7.33. The van der Waals surface area contributed by atoms with Gasteiger partial charge >= 0.3 is 5.97 Å². The van der Waals surface area contributed by atoms with Crippen molar-refractivity contribution in [2.45, 2.75) is 64.8 Å². The van der Waals surface area contributed by atoms with Gasteiger partial charge in [-0.1, -0.05) is 48.3 Å². The molecule has 7 heteroatoms. The molecule has 1 N–H and O–H groups in total. The van der Waals surface area contributed by atoms with Gasteiger partial charge in [0, 0.05) is 40.7 Å². The number of aromatic nitrogens is 4. The van der Waals surface area contributed by atoms with E-state index in [-0.39, 0.29) is 6.04 Å². The molecule has 7 nitrogen and oxygen atoms in total. The quantitative estimate of drug-likeness (QED) is 0.232. The molecule has 1 aliphatic carbocycles. The Balaban J connectivity index is 1.56. The molecule has 1 unspecified atom stereocenters. The van der Waals surface area contributed by atoms with Gasteiger partial charge in [-0.2, -0.15) is 0 Å². The fourth-order valence-corrected chi connectivity index (χ4v) is 6.23. The Morgan fingerprint density at radius 2 is 1.80 bits per heavy atom. The van der Waals surface area contributed by atoms with E-state index < -0.39 is 11.4 Å². The summed E-state index contributed by atoms with van der Waals surface area (Å²) in [5.41, 5.74) is 6.56. The smallest absolute Gasteiger partial charge is 0.313 e. The molecular weight excluding hydrogens is 500 g/mol. The number of aliphatic carboxylic acids is 1. The van der Waals surface area contributed by atoms with E-state index in [1.807, 2.05) is 56.6 Å². The first kappa shape index (κ1) is 26.0. The first-order valence-electron chi connectivity index (χ1n) is 13.9. The van der Waals surface area contributed by atoms with E-state index in [9.17, 15) is 9.90 Å². The van der Waals surface area contributed by atoms with Crippen molar-refractivity contribution in [1.29, 1.82) is 0 Å². The molecule has 6 rings (SSSR count). The van der Waals surface area contributed by atoms with E-state index in [4.69, 9.17) is 14.5 Å². The van der Waals surface area contributed by atoms with E-state index in [1.165, 1.54) is 12.8 Å². The van der Waals surface area contributed by atoms with Gasteiger partial charge in [0.2, 0.25) is 0 Å². The van der Waals surface area contributed by atoms with Crippen molar-refractivity contribution >= 4 is 17.0 Å². The van der Waals surface area contributed by atoms with Crippen LogP contribution in [0, 0.1) is 19.8 Å². The van der Waals surface area contributed by atoms with Crippen molar-refractivity contribution in [3.63, 3.8) is 0 Å². The minimum Gasteiger partial charge on any atom is -0.481 e. The van der Waals surface area contributed by atoms with Crippen LogP contribution in [-0.4, -0.2) is 30.8 Å². The average molecular weight is 535 g/mol. The van der Waals surface area contributed by atoms with Crippen LogP contribution in [-0.2, 0) is 10.2 Å². The number of carbonyl (C=O) groups is 1. The zero-order valence-electron chi connectivity index (χ0n) is 23.4. The third-order valence-electron chi connectivity index (χ3n) is 8.58. The molecule has 0 bridgehead atoms. The van der Waals surface area contributed by atoms with Crippen LogP contribution in [0.2, 0.25) is 0 Å². The Labute approximate surface area is 233 Å². The highest BCUT2D eigenvalue weighted by atomic mass is 16.5. The van der Waals surface area contributed by atoms with Gasteiger partial charge in [0.1, 0.15) is 11.4 Å². The summed E-state index contributed by atoms with van der Waals surface area (Å²) in [6, 6.07) is 16.3. The first-order valence-corrected chi connectivity index (χ1v) is 13.9. The highest BCUT2D eigenvalue weighted by Crippen LogP contribution is 2.42. The van der Waals surface area contributed by atoms with Crippen LogP contribution < -0.4 is 0 Å². The summed E-state index contributed by atoms with van der Waals surface area (Å²) in [7, 11) is 0. The predicted octanol–water partition coefficient (Wildman–Crippen LogP) is 7.51. The second-order valence-corrected chi connectivity index (χ2v) is 11.5. The van der Waals surface area contributed by atoms with E-state index in [0.29, 0.717) is 5.92 Å². The van der Waals surface area contributed by atoms with E-state index in [1.54, 1.807) is 13.8 Å². The highest BCUT2D eigenvalue weighted by Gasteiger charge is 2.32. The fraction of sp³-hybridized carbons (Fsp3) is 0.333. The largest absolute Gasteiger partial charge is 0.481 e. The molecule has 1 fully saturated rings. The maximum atomic E-state index is 11.9. The maximum Gasteiger partial charge on any atom is 0.313 e. The Morgan fingerprint density at radius 3 is 2.42 bits per heavy atom. The predicted molar refractivity (Wildman–Crippen MR) is 155 cm³/mol. The summed E-state index contributed by atoms with van der Waals surface area (Å²) in [5.74, 6) is 0.387. The van der Waals surface area contributed by atoms with Crippen molar-refractivity contribution in [1.82, 2.24) is 19.7 Å². The van der Waals surface area contributed by atoms with Crippen molar-refractivity contribution in [3.8, 4) is 22.3 Å². The number of pyridine rings is 2. The van der Waals surface area contributed by atoms with Gasteiger partial charge in [-0.15, -0.1) is 0 Å². The molecule has 1 saturated carbocycles. The van der Waals surface area contributed by atoms with Crippen LogP contribution in [0.1, 0.15) is 68.3 Å². The second kappa shape index (κ2) is 10.0. The topological polar surface area (TPSA) is 94.0 Å². The molecule has 1 aliphatic rings. The van der Waals surface area contributed by atoms with E-state index >= 15 is 0 Å². The number of benzene rings is 1. The SMILES string of the molecule is Cc1noc(C)c1-c1cnc2c(c1)c(-c1ccc(C(C)(C)C(=O)O)cc1)cn2C(c1ccccn1)C1CCCC1. The maximum absolute atomic E-state index is 11.9. The van der Waals surface area contributed by atoms with Crippen molar-refractivity contribution in [2.24, 2.45) is 5.92 Å². The molecule has 0 radical (unpaired) electrons. The molecule has 4 aromatic heterocycles. The van der Waals surface area contributed by atoms with Gasteiger partial charge in [-0.3, -0.25) is 9.78 Å². The molecule has 40 heavy (non-hydrogen) atoms. The highest BCUT2D eigenvalue weighted by molar-refractivity contribution is 5.97. The Hall–Kier alpha value is -4.26. The Bertz CT molecular complexity index is 1660. The lowest BCUT2D eigenvalue weighted by Gasteiger charge is -2.25. The van der Waals surface area contributed by atoms with E-state index in [2.05, 4.69) is 34.1 Å². The summed E-state index contributed by atoms with van der Waals surface area (Å²) in [4.78, 5) is 21.7. The normalized spacial score (nSPS) is 15.1. The molecule has 0 aliphatic heterocycles. The lowest BCUT2D eigenvalue weighted by atomic mass is 9.84. The van der Waals surface area contributed by atoms with Crippen LogP contribution >= 0.6 is 0 Å². The number of carboxylic acid groups (broad SMARTS) is 1. The zero-order chi connectivity index (χ0) is 28.0. The molecule has 1 atom stereocenters. The van der Waals surface area contributed by atoms with Crippen LogP contribution in [0.5, 0.6) is 0 Å². The standard InChI is InChI=1S/C33H34N4O3/c1-20-29(21(2)40-36-20)24-17-26-27(22-12-14-25(15-13-22)33(3,4)32(38)39)19-37(31(26)35-18-24)30(23-9-5-6-10-23)28-11-7-8-16-34-28/h7-8,11-19,23,30H,5-6,9-10H2,1-4H3,(H,38,39). The van der Waals surface area contributed by atoms with Crippen molar-refractivity contribution < 1.29 is 14.4 Å². The minimum atomic E-state index is -0.975. The fourth-order valence-electron chi connectivity index (χ4n) is 6.23. The lowest BCUT2D eigenvalue weighted by Crippen LogP contribution is -2.28. The average Bonchev–Trinajstić information content (AvgIpc) is 3.69. The number of hydrogen-bond donors (Lipinski definition) is 1. The zero-order valence-corrected chi connectivity index (χ0v) is 23.4. The van der Waals surface area contributed by atoms with Crippen LogP contribution in [0.4, 0.5) is 0 Å². The van der Waals surface area contributed by atoms with E-state index in [0.717, 1.165) is 68.8 Å². The van der Waals surface area contributed by atoms with Gasteiger partial charge in [0.15, 0.2) is 0 Å². The molecular formula is C33H34N4O3. The van der Waals surface area contributed by atoms with Crippen molar-refractivity contribution in [2.75, 3.05) is 0 Å². The van der Waals surface area contributed by atoms with Gasteiger partial charge in [-0.25, -0.2) is 4.98 Å². The molecule has 204 valence electrons. The molecule has 0 amide bonds. The third kappa shape index (κ3) is 4.39. The molecule has 1 aromatic carbocycles. The first-order chi connectivity index (χ1) is 19.3. The van der Waals surface area contributed by atoms with Gasteiger partial charge in [-0.05, 0) is 75.8 Å².